The predicted octanol–water partition coefficient (Wildman–Crippen LogP) is 4.32. The number of nitrogens with one attached hydrogen (secondary N) is 1. The lowest BCUT2D eigenvalue weighted by Gasteiger charge is -2.07. The summed E-state index contributed by atoms with van der Waals surface area (Å²) in [6.45, 7) is -0.228. The van der Waals surface area contributed by atoms with Crippen LogP contribution in [0.4, 0.5) is 4.39 Å². The first-order chi connectivity index (χ1) is 15.0. The summed E-state index contributed by atoms with van der Waals surface area (Å²) >= 11 is 0. The number of benzene rings is 3. The number of amides is 1. The van der Waals surface area contributed by atoms with Gasteiger partial charge in [0.2, 0.25) is 0 Å². The number of carbonyl (C=O) groups excluding carboxylic acids is 3. The minimum absolute atomic E-state index is 0.000710. The van der Waals surface area contributed by atoms with E-state index < -0.39 is 18.5 Å². The molecule has 1 amide bonds. The zero-order chi connectivity index (χ0) is 22.1. The van der Waals surface area contributed by atoms with E-state index in [1.807, 2.05) is 42.5 Å². The van der Waals surface area contributed by atoms with Gasteiger partial charge in [-0.05, 0) is 28.8 Å². The highest BCUT2D eigenvalue weighted by atomic mass is 19.1. The molecule has 0 aliphatic rings. The van der Waals surface area contributed by atoms with Crippen LogP contribution in [-0.4, -0.2) is 24.3 Å². The number of Topliss-reactive ketones (excluding diaryl/α,β-unsaturated/α-hetero) is 1. The number of rotatable bonds is 9. The van der Waals surface area contributed by atoms with Crippen LogP contribution >= 0.6 is 0 Å². The van der Waals surface area contributed by atoms with Gasteiger partial charge in [-0.3, -0.25) is 14.4 Å². The molecule has 0 bridgehead atoms. The molecule has 0 heterocycles. The molecule has 6 heteroatoms. The summed E-state index contributed by atoms with van der Waals surface area (Å²) in [4.78, 5) is 35.9. The Morgan fingerprint density at radius 1 is 0.774 bits per heavy atom. The van der Waals surface area contributed by atoms with Gasteiger partial charge in [-0.25, -0.2) is 4.39 Å². The van der Waals surface area contributed by atoms with Gasteiger partial charge in [-0.2, -0.15) is 0 Å². The van der Waals surface area contributed by atoms with Crippen LogP contribution in [0.15, 0.2) is 78.9 Å². The standard InChI is InChI=1S/C25H22FNO4/c26-22-12-6-18(7-13-22)16-27-24(29)17-31-25(30)15-14-23(28)21-10-8-20(9-11-21)19-4-2-1-3-5-19/h1-13H,14-17H2,(H,27,29). The molecule has 0 aliphatic carbocycles. The minimum atomic E-state index is -0.619. The number of ketones is 1. The molecule has 0 spiro atoms. The van der Waals surface area contributed by atoms with Gasteiger partial charge in [0.05, 0.1) is 6.42 Å². The fourth-order valence-electron chi connectivity index (χ4n) is 2.91. The third-order valence-electron chi connectivity index (χ3n) is 4.64. The summed E-state index contributed by atoms with van der Waals surface area (Å²) in [5.74, 6) is -1.62. The fourth-order valence-corrected chi connectivity index (χ4v) is 2.91. The maximum absolute atomic E-state index is 12.9. The molecule has 3 rings (SSSR count). The van der Waals surface area contributed by atoms with Gasteiger partial charge in [-0.15, -0.1) is 0 Å². The van der Waals surface area contributed by atoms with Gasteiger partial charge in [0, 0.05) is 18.5 Å². The molecule has 0 aromatic heterocycles. The SMILES string of the molecule is O=C(COC(=O)CCC(=O)c1ccc(-c2ccccc2)cc1)NCc1ccc(F)cc1. The highest BCUT2D eigenvalue weighted by molar-refractivity contribution is 5.98. The first-order valence-corrected chi connectivity index (χ1v) is 9.87. The number of hydrogen-bond donors (Lipinski definition) is 1. The second-order valence-electron chi connectivity index (χ2n) is 6.93. The van der Waals surface area contributed by atoms with E-state index in [4.69, 9.17) is 4.74 Å². The molecule has 3 aromatic rings. The van der Waals surface area contributed by atoms with E-state index in [0.717, 1.165) is 16.7 Å². The smallest absolute Gasteiger partial charge is 0.306 e. The Hall–Kier alpha value is -3.80. The summed E-state index contributed by atoms with van der Waals surface area (Å²) in [6.07, 6.45) is -0.106. The molecule has 158 valence electrons. The van der Waals surface area contributed by atoms with Gasteiger partial charge in [0.15, 0.2) is 12.4 Å². The summed E-state index contributed by atoms with van der Waals surface area (Å²) in [6, 6.07) is 22.7. The molecule has 3 aromatic carbocycles. The molecule has 0 unspecified atom stereocenters. The van der Waals surface area contributed by atoms with Crippen molar-refractivity contribution in [3.8, 4) is 11.1 Å². The normalized spacial score (nSPS) is 10.4. The Balaban J connectivity index is 1.38. The summed E-state index contributed by atoms with van der Waals surface area (Å²) < 4.78 is 17.8. The lowest BCUT2D eigenvalue weighted by atomic mass is 10.0. The summed E-state index contributed by atoms with van der Waals surface area (Å²) in [5, 5.41) is 2.58. The largest absolute Gasteiger partial charge is 0.456 e. The van der Waals surface area contributed by atoms with Crippen molar-refractivity contribution in [2.45, 2.75) is 19.4 Å². The average Bonchev–Trinajstić information content (AvgIpc) is 2.81. The Morgan fingerprint density at radius 3 is 2.10 bits per heavy atom. The van der Waals surface area contributed by atoms with Crippen molar-refractivity contribution >= 4 is 17.7 Å². The summed E-state index contributed by atoms with van der Waals surface area (Å²) in [5.41, 5.74) is 3.31. The van der Waals surface area contributed by atoms with Crippen LogP contribution in [-0.2, 0) is 20.9 Å². The van der Waals surface area contributed by atoms with Crippen LogP contribution < -0.4 is 5.32 Å². The first kappa shape index (κ1) is 21.9. The quantitative estimate of drug-likeness (QED) is 0.414. The molecular formula is C25H22FNO4. The van der Waals surface area contributed by atoms with E-state index in [1.54, 1.807) is 24.3 Å². The van der Waals surface area contributed by atoms with Crippen molar-refractivity contribution in [2.75, 3.05) is 6.61 Å². The van der Waals surface area contributed by atoms with Crippen molar-refractivity contribution in [1.82, 2.24) is 5.32 Å². The zero-order valence-electron chi connectivity index (χ0n) is 16.8. The number of ether oxygens (including phenoxy) is 1. The van der Waals surface area contributed by atoms with E-state index in [2.05, 4.69) is 5.32 Å². The van der Waals surface area contributed by atoms with E-state index >= 15 is 0 Å². The lowest BCUT2D eigenvalue weighted by Crippen LogP contribution is -2.28. The molecule has 0 fully saturated rings. The second-order valence-corrected chi connectivity index (χ2v) is 6.93. The van der Waals surface area contributed by atoms with Crippen LogP contribution in [0, 0.1) is 5.82 Å². The van der Waals surface area contributed by atoms with E-state index in [9.17, 15) is 18.8 Å². The highest BCUT2D eigenvalue weighted by Gasteiger charge is 2.12. The number of esters is 1. The molecule has 0 saturated carbocycles. The van der Waals surface area contributed by atoms with Gasteiger partial charge in [-0.1, -0.05) is 66.7 Å². The molecule has 0 radical (unpaired) electrons. The number of hydrogen-bond acceptors (Lipinski definition) is 4. The van der Waals surface area contributed by atoms with Crippen molar-refractivity contribution in [3.05, 3.63) is 95.8 Å². The van der Waals surface area contributed by atoms with Crippen LogP contribution in [0.1, 0.15) is 28.8 Å². The topological polar surface area (TPSA) is 72.5 Å². The fraction of sp³-hybridized carbons (Fsp3) is 0.160. The van der Waals surface area contributed by atoms with Gasteiger partial charge >= 0.3 is 5.97 Å². The summed E-state index contributed by atoms with van der Waals surface area (Å²) in [7, 11) is 0. The van der Waals surface area contributed by atoms with Gasteiger partial charge in [0.1, 0.15) is 5.82 Å². The molecule has 0 atom stereocenters. The molecule has 1 N–H and O–H groups in total. The zero-order valence-corrected chi connectivity index (χ0v) is 16.8. The molecular weight excluding hydrogens is 397 g/mol. The van der Waals surface area contributed by atoms with Crippen molar-refractivity contribution in [3.63, 3.8) is 0 Å². The van der Waals surface area contributed by atoms with Crippen molar-refractivity contribution < 1.29 is 23.5 Å². The predicted molar refractivity (Wildman–Crippen MR) is 115 cm³/mol. The van der Waals surface area contributed by atoms with Crippen molar-refractivity contribution in [1.29, 1.82) is 0 Å². The second kappa shape index (κ2) is 10.8. The Kier molecular flexibility index (Phi) is 7.65. The third-order valence-corrected chi connectivity index (χ3v) is 4.64. The van der Waals surface area contributed by atoms with Crippen LogP contribution in [0.5, 0.6) is 0 Å². The average molecular weight is 419 g/mol. The Bertz CT molecular complexity index is 1030. The van der Waals surface area contributed by atoms with Crippen molar-refractivity contribution in [2.24, 2.45) is 0 Å². The number of carbonyl (C=O) groups is 3. The maximum Gasteiger partial charge on any atom is 0.306 e. The Labute approximate surface area is 179 Å². The third kappa shape index (κ3) is 6.89. The lowest BCUT2D eigenvalue weighted by molar-refractivity contribution is -0.148. The van der Waals surface area contributed by atoms with Gasteiger partial charge < -0.3 is 10.1 Å². The van der Waals surface area contributed by atoms with Crippen LogP contribution in [0.25, 0.3) is 11.1 Å². The first-order valence-electron chi connectivity index (χ1n) is 9.87. The maximum atomic E-state index is 12.9. The Morgan fingerprint density at radius 2 is 1.42 bits per heavy atom. The van der Waals surface area contributed by atoms with E-state index in [1.165, 1.54) is 12.1 Å². The molecule has 0 aliphatic heterocycles. The van der Waals surface area contributed by atoms with Gasteiger partial charge in [0.25, 0.3) is 5.91 Å². The van der Waals surface area contributed by atoms with Crippen LogP contribution in [0.3, 0.4) is 0 Å². The van der Waals surface area contributed by atoms with E-state index in [0.29, 0.717) is 5.56 Å². The minimum Gasteiger partial charge on any atom is -0.456 e. The number of halogens is 1. The van der Waals surface area contributed by atoms with Crippen LogP contribution in [0.2, 0.25) is 0 Å². The molecule has 0 saturated heterocycles. The molecule has 5 nitrogen and oxygen atoms in total. The highest BCUT2D eigenvalue weighted by Crippen LogP contribution is 2.20. The van der Waals surface area contributed by atoms with E-state index in [-0.39, 0.29) is 31.0 Å². The monoisotopic (exact) mass is 419 g/mol. The molecule has 31 heavy (non-hydrogen) atoms.